The Kier molecular flexibility index (Phi) is 2.60. The molecular formula is C5H4Br3NO. The average Bonchev–Trinajstić information content (AvgIpc) is 1.54. The molecule has 0 spiro atoms. The van der Waals surface area contributed by atoms with Gasteiger partial charge in [-0.05, 0) is 44.0 Å². The summed E-state index contributed by atoms with van der Waals surface area (Å²) in [6.45, 7) is 0. The maximum atomic E-state index is 9.34. The van der Waals surface area contributed by atoms with E-state index in [0.717, 1.165) is 9.09 Å². The summed E-state index contributed by atoms with van der Waals surface area (Å²) in [6.07, 6.45) is 3.40. The van der Waals surface area contributed by atoms with Gasteiger partial charge in [0.15, 0.2) is 0 Å². The lowest BCUT2D eigenvalue weighted by molar-refractivity contribution is 0.171. The van der Waals surface area contributed by atoms with Crippen LogP contribution in [-0.4, -0.2) is 9.74 Å². The molecule has 10 heavy (non-hydrogen) atoms. The molecule has 0 fully saturated rings. The highest BCUT2D eigenvalue weighted by atomic mass is 79.9. The molecular weight excluding hydrogens is 330 g/mol. The van der Waals surface area contributed by atoms with Crippen molar-refractivity contribution in [1.82, 2.24) is 5.32 Å². The number of aliphatic hydroxyl groups is 1. The third-order valence-electron chi connectivity index (χ3n) is 0.889. The summed E-state index contributed by atoms with van der Waals surface area (Å²) in [5.41, 5.74) is 0. The molecule has 0 aromatic rings. The van der Waals surface area contributed by atoms with Crippen LogP contribution in [0.3, 0.4) is 0 Å². The van der Waals surface area contributed by atoms with Gasteiger partial charge in [-0.1, -0.05) is 15.9 Å². The van der Waals surface area contributed by atoms with Crippen molar-refractivity contribution in [3.63, 3.8) is 0 Å². The Balaban J connectivity index is 2.88. The van der Waals surface area contributed by atoms with Crippen molar-refractivity contribution in [2.75, 3.05) is 0 Å². The van der Waals surface area contributed by atoms with E-state index in [1.165, 1.54) is 0 Å². The van der Waals surface area contributed by atoms with Gasteiger partial charge in [-0.15, -0.1) is 0 Å². The van der Waals surface area contributed by atoms with Crippen LogP contribution in [0, 0.1) is 0 Å². The summed E-state index contributed by atoms with van der Waals surface area (Å²) < 4.78 is 0.401. The Labute approximate surface area is 83.8 Å². The summed E-state index contributed by atoms with van der Waals surface area (Å²) in [4.78, 5) is 0. The van der Waals surface area contributed by atoms with E-state index in [0.29, 0.717) is 0 Å². The Morgan fingerprint density at radius 2 is 2.10 bits per heavy atom. The van der Waals surface area contributed by atoms with E-state index < -0.39 is 4.63 Å². The van der Waals surface area contributed by atoms with E-state index in [1.807, 2.05) is 0 Å². The van der Waals surface area contributed by atoms with E-state index in [4.69, 9.17) is 0 Å². The minimum Gasteiger partial charge on any atom is -0.359 e. The van der Waals surface area contributed by atoms with Crippen molar-refractivity contribution in [3.8, 4) is 0 Å². The normalized spacial score (nSPS) is 32.4. The summed E-state index contributed by atoms with van der Waals surface area (Å²) in [5.74, 6) is 0. The highest BCUT2D eigenvalue weighted by Crippen LogP contribution is 2.26. The van der Waals surface area contributed by atoms with Gasteiger partial charge in [-0.3, -0.25) is 0 Å². The zero-order chi connectivity index (χ0) is 7.78. The predicted molar refractivity (Wildman–Crippen MR) is 51.0 cm³/mol. The molecule has 0 aromatic carbocycles. The van der Waals surface area contributed by atoms with Gasteiger partial charge < -0.3 is 10.4 Å². The summed E-state index contributed by atoms with van der Waals surface area (Å²) in [6, 6.07) is 0. The number of alkyl halides is 1. The van der Waals surface area contributed by atoms with Crippen LogP contribution in [0.15, 0.2) is 21.2 Å². The van der Waals surface area contributed by atoms with Crippen LogP contribution in [-0.2, 0) is 0 Å². The molecule has 5 heteroatoms. The first-order chi connectivity index (χ1) is 4.49. The molecule has 1 aliphatic rings. The number of nitrogens with one attached hydrogen (secondary N) is 1. The summed E-state index contributed by atoms with van der Waals surface area (Å²) >= 11 is 9.46. The van der Waals surface area contributed by atoms with Crippen LogP contribution in [0.25, 0.3) is 0 Å². The second-order valence-electron chi connectivity index (χ2n) is 1.82. The molecule has 0 saturated heterocycles. The molecule has 0 aromatic heterocycles. The smallest absolute Gasteiger partial charge is 0.214 e. The van der Waals surface area contributed by atoms with Crippen LogP contribution in [0.1, 0.15) is 0 Å². The molecule has 2 nitrogen and oxygen atoms in total. The molecule has 1 atom stereocenters. The van der Waals surface area contributed by atoms with Gasteiger partial charge in [0.05, 0.1) is 4.61 Å². The quantitative estimate of drug-likeness (QED) is 0.526. The van der Waals surface area contributed by atoms with Gasteiger partial charge >= 0.3 is 0 Å². The molecule has 1 aliphatic heterocycles. The van der Waals surface area contributed by atoms with Crippen LogP contribution in [0.2, 0.25) is 0 Å². The second-order valence-corrected chi connectivity index (χ2v) is 4.80. The van der Waals surface area contributed by atoms with Gasteiger partial charge in [0.1, 0.15) is 0 Å². The fourth-order valence-corrected chi connectivity index (χ4v) is 3.03. The first-order valence-corrected chi connectivity index (χ1v) is 4.82. The van der Waals surface area contributed by atoms with Crippen molar-refractivity contribution in [2.45, 2.75) is 4.63 Å². The van der Waals surface area contributed by atoms with E-state index >= 15 is 0 Å². The minimum absolute atomic E-state index is 0.723. The Morgan fingerprint density at radius 3 is 2.50 bits per heavy atom. The fourth-order valence-electron chi connectivity index (χ4n) is 0.585. The zero-order valence-corrected chi connectivity index (χ0v) is 9.49. The fraction of sp³-hybridized carbons (Fsp3) is 0.200. The van der Waals surface area contributed by atoms with E-state index in [2.05, 4.69) is 53.1 Å². The van der Waals surface area contributed by atoms with Gasteiger partial charge in [-0.2, -0.15) is 0 Å². The van der Waals surface area contributed by atoms with E-state index in [9.17, 15) is 5.11 Å². The largest absolute Gasteiger partial charge is 0.359 e. The van der Waals surface area contributed by atoms with Gasteiger partial charge in [0.2, 0.25) is 4.63 Å². The third kappa shape index (κ3) is 2.38. The lowest BCUT2D eigenvalue weighted by atomic mass is 10.4. The van der Waals surface area contributed by atoms with Gasteiger partial charge in [-0.25, -0.2) is 0 Å². The topological polar surface area (TPSA) is 32.3 Å². The number of halogens is 3. The molecule has 56 valence electrons. The summed E-state index contributed by atoms with van der Waals surface area (Å²) in [7, 11) is 0. The molecule has 1 rings (SSSR count). The number of allylic oxidation sites excluding steroid dienone is 2. The van der Waals surface area contributed by atoms with E-state index in [1.54, 1.807) is 12.2 Å². The molecule has 0 amide bonds. The second kappa shape index (κ2) is 2.97. The molecule has 0 aliphatic carbocycles. The number of dihydropyridines is 1. The lowest BCUT2D eigenvalue weighted by Gasteiger charge is -2.23. The standard InChI is InChI=1S/C5H4Br3NO/c6-3-1-4(7)9-5(8,10)2-3/h1-2,9-10H. The predicted octanol–water partition coefficient (Wildman–Crippen LogP) is 2.15. The van der Waals surface area contributed by atoms with Crippen LogP contribution in [0.4, 0.5) is 0 Å². The van der Waals surface area contributed by atoms with Crippen LogP contribution >= 0.6 is 47.8 Å². The van der Waals surface area contributed by atoms with Crippen LogP contribution < -0.4 is 5.32 Å². The van der Waals surface area contributed by atoms with Gasteiger partial charge in [0, 0.05) is 4.48 Å². The van der Waals surface area contributed by atoms with Crippen LogP contribution in [0.5, 0.6) is 0 Å². The number of rotatable bonds is 0. The number of hydrogen-bond donors (Lipinski definition) is 2. The molecule has 2 N–H and O–H groups in total. The molecule has 1 heterocycles. The van der Waals surface area contributed by atoms with Crippen molar-refractivity contribution in [1.29, 1.82) is 0 Å². The first-order valence-electron chi connectivity index (χ1n) is 2.45. The maximum Gasteiger partial charge on any atom is 0.214 e. The number of hydrogen-bond acceptors (Lipinski definition) is 2. The van der Waals surface area contributed by atoms with Crippen molar-refractivity contribution < 1.29 is 5.11 Å². The highest BCUT2D eigenvalue weighted by molar-refractivity contribution is 9.12. The third-order valence-corrected chi connectivity index (χ3v) is 2.20. The Morgan fingerprint density at radius 1 is 1.50 bits per heavy atom. The van der Waals surface area contributed by atoms with Crippen molar-refractivity contribution in [2.24, 2.45) is 0 Å². The monoisotopic (exact) mass is 331 g/mol. The van der Waals surface area contributed by atoms with Crippen molar-refractivity contribution >= 4 is 47.8 Å². The maximum absolute atomic E-state index is 9.34. The van der Waals surface area contributed by atoms with Crippen molar-refractivity contribution in [3.05, 3.63) is 21.2 Å². The minimum atomic E-state index is -1.14. The highest BCUT2D eigenvalue weighted by Gasteiger charge is 2.22. The average molecular weight is 334 g/mol. The zero-order valence-electron chi connectivity index (χ0n) is 4.74. The molecule has 0 saturated carbocycles. The molecule has 0 bridgehead atoms. The van der Waals surface area contributed by atoms with Gasteiger partial charge in [0.25, 0.3) is 0 Å². The molecule has 0 radical (unpaired) electrons. The Hall–Kier alpha value is 0.680. The Bertz CT molecular complexity index is 209. The SMILES string of the molecule is OC1(Br)C=C(Br)C=C(Br)N1. The molecule has 1 unspecified atom stereocenters. The summed E-state index contributed by atoms with van der Waals surface area (Å²) in [5, 5.41) is 12.1. The first kappa shape index (κ1) is 8.77. The van der Waals surface area contributed by atoms with E-state index in [-0.39, 0.29) is 0 Å². The lowest BCUT2D eigenvalue weighted by Crippen LogP contribution is -2.36.